The molecule has 1 aromatic heterocycles. The van der Waals surface area contributed by atoms with Crippen LogP contribution in [0.3, 0.4) is 0 Å². The Labute approximate surface area is 118 Å². The molecular formula is C15H19N3O2. The van der Waals surface area contributed by atoms with E-state index in [1.807, 2.05) is 26.1 Å². The fourth-order valence-corrected chi connectivity index (χ4v) is 2.68. The van der Waals surface area contributed by atoms with Crippen molar-refractivity contribution in [3.05, 3.63) is 41.1 Å². The van der Waals surface area contributed by atoms with Crippen molar-refractivity contribution >= 4 is 0 Å². The van der Waals surface area contributed by atoms with Crippen molar-refractivity contribution in [3.63, 3.8) is 0 Å². The fourth-order valence-electron chi connectivity index (χ4n) is 2.68. The molecule has 0 saturated heterocycles. The van der Waals surface area contributed by atoms with Gasteiger partial charge in [0.25, 0.3) is 5.89 Å². The van der Waals surface area contributed by atoms with Gasteiger partial charge in [-0.1, -0.05) is 19.1 Å². The van der Waals surface area contributed by atoms with Crippen LogP contribution in [0.4, 0.5) is 0 Å². The molecule has 1 N–H and O–H groups in total. The van der Waals surface area contributed by atoms with E-state index in [2.05, 4.69) is 21.6 Å². The number of ether oxygens (including phenoxy) is 1. The van der Waals surface area contributed by atoms with Crippen LogP contribution >= 0.6 is 0 Å². The highest BCUT2D eigenvalue weighted by molar-refractivity contribution is 5.45. The van der Waals surface area contributed by atoms with Crippen LogP contribution in [0.5, 0.6) is 5.75 Å². The number of aromatic nitrogens is 2. The normalized spacial score (nSPS) is 17.2. The van der Waals surface area contributed by atoms with E-state index < -0.39 is 0 Å². The largest absolute Gasteiger partial charge is 0.484 e. The Morgan fingerprint density at radius 2 is 2.20 bits per heavy atom. The Hall–Kier alpha value is -1.88. The van der Waals surface area contributed by atoms with Gasteiger partial charge < -0.3 is 14.5 Å². The Morgan fingerprint density at radius 1 is 1.35 bits per heavy atom. The van der Waals surface area contributed by atoms with Gasteiger partial charge in [0.05, 0.1) is 0 Å². The van der Waals surface area contributed by atoms with Gasteiger partial charge in [0.2, 0.25) is 5.89 Å². The van der Waals surface area contributed by atoms with Gasteiger partial charge in [0, 0.05) is 12.5 Å². The summed E-state index contributed by atoms with van der Waals surface area (Å²) in [5, 5.41) is 11.2. The van der Waals surface area contributed by atoms with E-state index >= 15 is 0 Å². The summed E-state index contributed by atoms with van der Waals surface area (Å²) < 4.78 is 11.3. The second-order valence-electron chi connectivity index (χ2n) is 4.94. The zero-order valence-corrected chi connectivity index (χ0v) is 11.8. The molecule has 106 valence electrons. The Morgan fingerprint density at radius 3 is 2.95 bits per heavy atom. The zero-order valence-electron chi connectivity index (χ0n) is 11.8. The Balaban J connectivity index is 1.74. The predicted octanol–water partition coefficient (Wildman–Crippen LogP) is 2.42. The minimum Gasteiger partial charge on any atom is -0.484 e. The van der Waals surface area contributed by atoms with Gasteiger partial charge in [-0.15, -0.1) is 10.2 Å². The molecule has 0 amide bonds. The van der Waals surface area contributed by atoms with Gasteiger partial charge in [-0.2, -0.15) is 0 Å². The third kappa shape index (κ3) is 2.41. The summed E-state index contributed by atoms with van der Waals surface area (Å²) in [6.07, 6.45) is 2.91. The third-order valence-electron chi connectivity index (χ3n) is 3.74. The van der Waals surface area contributed by atoms with Crippen molar-refractivity contribution in [2.45, 2.75) is 38.8 Å². The van der Waals surface area contributed by atoms with Crippen LogP contribution in [0.2, 0.25) is 0 Å². The molecule has 0 spiro atoms. The molecule has 1 atom stereocenters. The second kappa shape index (κ2) is 5.63. The highest BCUT2D eigenvalue weighted by Crippen LogP contribution is 2.36. The number of nitrogens with one attached hydrogen (secondary N) is 1. The van der Waals surface area contributed by atoms with Gasteiger partial charge in [0.1, 0.15) is 5.75 Å². The lowest BCUT2D eigenvalue weighted by Crippen LogP contribution is -2.12. The minimum absolute atomic E-state index is 0.327. The quantitative estimate of drug-likeness (QED) is 0.906. The minimum atomic E-state index is 0.327. The average Bonchev–Trinajstić information content (AvgIpc) is 3.11. The maximum Gasteiger partial charge on any atom is 0.253 e. The summed E-state index contributed by atoms with van der Waals surface area (Å²) >= 11 is 0. The number of hydrogen-bond acceptors (Lipinski definition) is 5. The second-order valence-corrected chi connectivity index (χ2v) is 4.94. The van der Waals surface area contributed by atoms with E-state index in [0.717, 1.165) is 25.0 Å². The van der Waals surface area contributed by atoms with Gasteiger partial charge in [0.15, 0.2) is 6.61 Å². The van der Waals surface area contributed by atoms with Gasteiger partial charge >= 0.3 is 0 Å². The van der Waals surface area contributed by atoms with Crippen LogP contribution < -0.4 is 10.1 Å². The number of nitrogens with zero attached hydrogens (tertiary/aromatic N) is 2. The van der Waals surface area contributed by atoms with Gasteiger partial charge in [-0.05, 0) is 37.1 Å². The molecule has 0 aliphatic heterocycles. The van der Waals surface area contributed by atoms with Crippen LogP contribution in [0.15, 0.2) is 22.6 Å². The van der Waals surface area contributed by atoms with Crippen molar-refractivity contribution in [2.75, 3.05) is 7.05 Å². The molecule has 1 aromatic carbocycles. The molecule has 0 fully saturated rings. The molecule has 1 unspecified atom stereocenters. The number of fused-ring (bicyclic) bond motifs is 1. The molecule has 5 heteroatoms. The number of aryl methyl sites for hydroxylation is 1. The molecular weight excluding hydrogens is 254 g/mol. The highest BCUT2D eigenvalue weighted by atomic mass is 16.5. The lowest BCUT2D eigenvalue weighted by molar-refractivity contribution is 0.257. The predicted molar refractivity (Wildman–Crippen MR) is 74.6 cm³/mol. The van der Waals surface area contributed by atoms with Crippen LogP contribution in [0, 0.1) is 0 Å². The van der Waals surface area contributed by atoms with Crippen molar-refractivity contribution in [1.29, 1.82) is 0 Å². The van der Waals surface area contributed by atoms with E-state index in [9.17, 15) is 0 Å². The molecule has 0 saturated carbocycles. The van der Waals surface area contributed by atoms with Crippen molar-refractivity contribution in [1.82, 2.24) is 15.5 Å². The number of hydrogen-bond donors (Lipinski definition) is 1. The Bertz CT molecular complexity index is 595. The molecule has 2 aromatic rings. The van der Waals surface area contributed by atoms with E-state index in [1.54, 1.807) is 0 Å². The van der Waals surface area contributed by atoms with Crippen molar-refractivity contribution < 1.29 is 9.15 Å². The molecule has 1 aliphatic rings. The molecule has 1 aliphatic carbocycles. The maximum absolute atomic E-state index is 5.86. The molecule has 0 radical (unpaired) electrons. The monoisotopic (exact) mass is 273 g/mol. The van der Waals surface area contributed by atoms with Crippen molar-refractivity contribution in [2.24, 2.45) is 0 Å². The van der Waals surface area contributed by atoms with Crippen LogP contribution in [-0.4, -0.2) is 17.2 Å². The Kier molecular flexibility index (Phi) is 3.69. The van der Waals surface area contributed by atoms with E-state index in [4.69, 9.17) is 9.15 Å². The molecule has 5 nitrogen and oxygen atoms in total. The van der Waals surface area contributed by atoms with E-state index in [0.29, 0.717) is 24.4 Å². The van der Waals surface area contributed by atoms with Crippen LogP contribution in [-0.2, 0) is 19.4 Å². The third-order valence-corrected chi connectivity index (χ3v) is 3.74. The lowest BCUT2D eigenvalue weighted by Gasteiger charge is -2.12. The van der Waals surface area contributed by atoms with E-state index in [1.165, 1.54) is 11.1 Å². The summed E-state index contributed by atoms with van der Waals surface area (Å²) in [7, 11) is 2.00. The summed E-state index contributed by atoms with van der Waals surface area (Å²) in [5.41, 5.74) is 2.63. The van der Waals surface area contributed by atoms with Gasteiger partial charge in [-0.3, -0.25) is 0 Å². The van der Waals surface area contributed by atoms with E-state index in [-0.39, 0.29) is 0 Å². The summed E-state index contributed by atoms with van der Waals surface area (Å²) in [6.45, 7) is 2.31. The number of benzene rings is 1. The summed E-state index contributed by atoms with van der Waals surface area (Å²) in [5.74, 6) is 2.11. The summed E-state index contributed by atoms with van der Waals surface area (Å²) in [6, 6.07) is 6.64. The summed E-state index contributed by atoms with van der Waals surface area (Å²) in [4.78, 5) is 0. The SMILES string of the molecule is CCc1nnc(COc2cccc3c2CCC3NC)o1. The molecule has 3 rings (SSSR count). The molecule has 1 heterocycles. The molecule has 0 bridgehead atoms. The fraction of sp³-hybridized carbons (Fsp3) is 0.467. The van der Waals surface area contributed by atoms with Crippen LogP contribution in [0.25, 0.3) is 0 Å². The average molecular weight is 273 g/mol. The topological polar surface area (TPSA) is 60.2 Å². The number of rotatable bonds is 5. The first kappa shape index (κ1) is 13.1. The highest BCUT2D eigenvalue weighted by Gasteiger charge is 2.23. The van der Waals surface area contributed by atoms with Crippen molar-refractivity contribution in [3.8, 4) is 5.75 Å². The first-order valence-electron chi connectivity index (χ1n) is 7.05. The van der Waals surface area contributed by atoms with Crippen LogP contribution in [0.1, 0.15) is 42.3 Å². The standard InChI is InChI=1S/C15H19N3O2/c1-3-14-17-18-15(20-14)9-19-13-6-4-5-10-11(13)7-8-12(10)16-2/h4-6,12,16H,3,7-9H2,1-2H3. The molecule has 20 heavy (non-hydrogen) atoms. The smallest absolute Gasteiger partial charge is 0.253 e. The first-order chi connectivity index (χ1) is 9.81. The first-order valence-corrected chi connectivity index (χ1v) is 7.05. The van der Waals surface area contributed by atoms with Gasteiger partial charge in [-0.25, -0.2) is 0 Å². The maximum atomic E-state index is 5.86. The lowest BCUT2D eigenvalue weighted by atomic mass is 10.1. The zero-order chi connectivity index (χ0) is 13.9.